The van der Waals surface area contributed by atoms with Crippen LogP contribution in [0.3, 0.4) is 0 Å². The van der Waals surface area contributed by atoms with Crippen molar-refractivity contribution in [3.05, 3.63) is 76.5 Å². The molecule has 144 valence electrons. The van der Waals surface area contributed by atoms with E-state index in [1.165, 1.54) is 0 Å². The van der Waals surface area contributed by atoms with Gasteiger partial charge in [-0.15, -0.1) is 0 Å². The zero-order chi connectivity index (χ0) is 20.1. The molecule has 0 unspecified atom stereocenters. The summed E-state index contributed by atoms with van der Waals surface area (Å²) in [4.78, 5) is 29.4. The van der Waals surface area contributed by atoms with Gasteiger partial charge in [0.05, 0.1) is 16.8 Å². The van der Waals surface area contributed by atoms with Gasteiger partial charge in [-0.2, -0.15) is 0 Å². The van der Waals surface area contributed by atoms with Gasteiger partial charge in [0.1, 0.15) is 0 Å². The third-order valence-electron chi connectivity index (χ3n) is 4.84. The Morgan fingerprint density at radius 2 is 1.75 bits per heavy atom. The predicted octanol–water partition coefficient (Wildman–Crippen LogP) is 3.89. The molecule has 5 heteroatoms. The topological polar surface area (TPSA) is 68.3 Å². The first-order chi connectivity index (χ1) is 13.5. The van der Waals surface area contributed by atoms with E-state index in [2.05, 4.69) is 10.3 Å². The molecule has 0 atom stereocenters. The highest BCUT2D eigenvalue weighted by Crippen LogP contribution is 2.24. The highest BCUT2D eigenvalue weighted by Gasteiger charge is 2.20. The summed E-state index contributed by atoms with van der Waals surface area (Å²) in [6.45, 7) is 5.91. The Bertz CT molecular complexity index is 1030. The van der Waals surface area contributed by atoms with Crippen LogP contribution >= 0.6 is 0 Å². The van der Waals surface area contributed by atoms with Gasteiger partial charge in [0.2, 0.25) is 0 Å². The molecule has 1 aromatic heterocycles. The van der Waals surface area contributed by atoms with Crippen molar-refractivity contribution in [1.82, 2.24) is 10.3 Å². The molecule has 1 heterocycles. The van der Waals surface area contributed by atoms with Crippen LogP contribution in [0.2, 0.25) is 0 Å². The standard InChI is InChI=1S/C23H24N2O3/c1-4-19-22(16(3)18-11-7-8-12-20(18)25-19)23(27)28-14-21(26)24-13-17-10-6-5-9-15(17)2/h5-12H,4,13-14H2,1-3H3,(H,24,26). The Balaban J connectivity index is 1.68. The number of carbonyl (C=O) groups excluding carboxylic acids is 2. The molecule has 0 bridgehead atoms. The lowest BCUT2D eigenvalue weighted by Crippen LogP contribution is -2.29. The zero-order valence-electron chi connectivity index (χ0n) is 16.4. The molecule has 3 rings (SSSR count). The second-order valence-corrected chi connectivity index (χ2v) is 6.71. The second kappa shape index (κ2) is 8.65. The minimum Gasteiger partial charge on any atom is -0.452 e. The number of aryl methyl sites for hydroxylation is 3. The van der Waals surface area contributed by atoms with E-state index in [1.54, 1.807) is 0 Å². The smallest absolute Gasteiger partial charge is 0.340 e. The first-order valence-electron chi connectivity index (χ1n) is 9.37. The van der Waals surface area contributed by atoms with Gasteiger partial charge in [0, 0.05) is 11.9 Å². The minimum atomic E-state index is -0.515. The third kappa shape index (κ3) is 4.19. The molecular formula is C23H24N2O3. The SMILES string of the molecule is CCc1nc2ccccc2c(C)c1C(=O)OCC(=O)NCc1ccccc1C. The molecule has 0 radical (unpaired) electrons. The summed E-state index contributed by atoms with van der Waals surface area (Å²) in [5.41, 5.74) is 4.95. The van der Waals surface area contributed by atoms with Gasteiger partial charge in [0.25, 0.3) is 5.91 Å². The molecule has 0 saturated carbocycles. The molecule has 1 N–H and O–H groups in total. The number of ether oxygens (including phenoxy) is 1. The van der Waals surface area contributed by atoms with Crippen molar-refractivity contribution in [1.29, 1.82) is 0 Å². The summed E-state index contributed by atoms with van der Waals surface area (Å²) >= 11 is 0. The highest BCUT2D eigenvalue weighted by atomic mass is 16.5. The maximum absolute atomic E-state index is 12.7. The molecule has 0 aliphatic rings. The fraction of sp³-hybridized carbons (Fsp3) is 0.261. The number of hydrogen-bond acceptors (Lipinski definition) is 4. The number of benzene rings is 2. The monoisotopic (exact) mass is 376 g/mol. The molecule has 0 aliphatic heterocycles. The van der Waals surface area contributed by atoms with Gasteiger partial charge in [0.15, 0.2) is 6.61 Å². The van der Waals surface area contributed by atoms with Gasteiger partial charge in [-0.25, -0.2) is 4.79 Å². The number of carbonyl (C=O) groups is 2. The van der Waals surface area contributed by atoms with Crippen molar-refractivity contribution >= 4 is 22.8 Å². The number of fused-ring (bicyclic) bond motifs is 1. The Labute approximate surface area is 164 Å². The quantitative estimate of drug-likeness (QED) is 0.663. The number of esters is 1. The first-order valence-corrected chi connectivity index (χ1v) is 9.37. The van der Waals surface area contributed by atoms with Crippen molar-refractivity contribution in [2.75, 3.05) is 6.61 Å². The number of pyridine rings is 1. The number of nitrogens with zero attached hydrogens (tertiary/aromatic N) is 1. The van der Waals surface area contributed by atoms with E-state index in [9.17, 15) is 9.59 Å². The summed E-state index contributed by atoms with van der Waals surface area (Å²) in [6, 6.07) is 15.5. The average molecular weight is 376 g/mol. The largest absolute Gasteiger partial charge is 0.452 e. The van der Waals surface area contributed by atoms with Crippen LogP contribution in [-0.2, 0) is 22.5 Å². The summed E-state index contributed by atoms with van der Waals surface area (Å²) < 4.78 is 5.29. The van der Waals surface area contributed by atoms with E-state index in [0.29, 0.717) is 24.2 Å². The third-order valence-corrected chi connectivity index (χ3v) is 4.84. The number of para-hydroxylation sites is 1. The number of nitrogens with one attached hydrogen (secondary N) is 1. The van der Waals surface area contributed by atoms with Crippen molar-refractivity contribution < 1.29 is 14.3 Å². The van der Waals surface area contributed by atoms with Crippen LogP contribution in [0.15, 0.2) is 48.5 Å². The predicted molar refractivity (Wildman–Crippen MR) is 109 cm³/mol. The number of amides is 1. The molecule has 0 saturated heterocycles. The van der Waals surface area contributed by atoms with Gasteiger partial charge in [-0.05, 0) is 43.0 Å². The Morgan fingerprint density at radius 3 is 2.50 bits per heavy atom. The van der Waals surface area contributed by atoms with Crippen LogP contribution in [0.4, 0.5) is 0 Å². The molecular weight excluding hydrogens is 352 g/mol. The minimum absolute atomic E-state index is 0.319. The van der Waals surface area contributed by atoms with E-state index in [4.69, 9.17) is 4.74 Å². The fourth-order valence-electron chi connectivity index (χ4n) is 3.22. The Kier molecular flexibility index (Phi) is 6.04. The van der Waals surface area contributed by atoms with E-state index in [0.717, 1.165) is 27.6 Å². The summed E-state index contributed by atoms with van der Waals surface area (Å²) in [6.07, 6.45) is 0.607. The van der Waals surface area contributed by atoms with Crippen LogP contribution in [0.5, 0.6) is 0 Å². The lowest BCUT2D eigenvalue weighted by molar-refractivity contribution is -0.124. The molecule has 5 nitrogen and oxygen atoms in total. The number of rotatable bonds is 6. The molecule has 1 amide bonds. The van der Waals surface area contributed by atoms with Gasteiger partial charge in [-0.3, -0.25) is 9.78 Å². The number of aromatic nitrogens is 1. The number of hydrogen-bond donors (Lipinski definition) is 1. The van der Waals surface area contributed by atoms with Crippen molar-refractivity contribution in [2.45, 2.75) is 33.7 Å². The van der Waals surface area contributed by atoms with E-state index in [-0.39, 0.29) is 12.5 Å². The van der Waals surface area contributed by atoms with Crippen LogP contribution in [0, 0.1) is 13.8 Å². The van der Waals surface area contributed by atoms with Gasteiger partial charge >= 0.3 is 5.97 Å². The maximum atomic E-state index is 12.7. The second-order valence-electron chi connectivity index (χ2n) is 6.71. The molecule has 0 aliphatic carbocycles. The molecule has 2 aromatic carbocycles. The Morgan fingerprint density at radius 1 is 1.04 bits per heavy atom. The van der Waals surface area contributed by atoms with Crippen LogP contribution in [-0.4, -0.2) is 23.5 Å². The highest BCUT2D eigenvalue weighted by molar-refractivity contribution is 5.99. The Hall–Kier alpha value is -3.21. The average Bonchev–Trinajstić information content (AvgIpc) is 2.71. The van der Waals surface area contributed by atoms with E-state index in [1.807, 2.05) is 69.3 Å². The molecule has 0 spiro atoms. The van der Waals surface area contributed by atoms with Gasteiger partial charge < -0.3 is 10.1 Å². The van der Waals surface area contributed by atoms with Crippen LogP contribution in [0.25, 0.3) is 10.9 Å². The first kappa shape index (κ1) is 19.5. The van der Waals surface area contributed by atoms with Crippen molar-refractivity contribution in [3.8, 4) is 0 Å². The summed E-state index contributed by atoms with van der Waals surface area (Å²) in [5.74, 6) is -0.848. The maximum Gasteiger partial charge on any atom is 0.340 e. The molecule has 3 aromatic rings. The van der Waals surface area contributed by atoms with E-state index >= 15 is 0 Å². The van der Waals surface area contributed by atoms with Crippen LogP contribution in [0.1, 0.15) is 39.7 Å². The lowest BCUT2D eigenvalue weighted by atomic mass is 10.0. The molecule has 0 fully saturated rings. The summed E-state index contributed by atoms with van der Waals surface area (Å²) in [7, 11) is 0. The van der Waals surface area contributed by atoms with Gasteiger partial charge in [-0.1, -0.05) is 49.4 Å². The fourth-order valence-corrected chi connectivity index (χ4v) is 3.22. The van der Waals surface area contributed by atoms with Crippen molar-refractivity contribution in [2.24, 2.45) is 0 Å². The molecule has 28 heavy (non-hydrogen) atoms. The van der Waals surface area contributed by atoms with E-state index < -0.39 is 5.97 Å². The van der Waals surface area contributed by atoms with Crippen molar-refractivity contribution in [3.63, 3.8) is 0 Å². The summed E-state index contributed by atoms with van der Waals surface area (Å²) in [5, 5.41) is 3.70. The normalized spacial score (nSPS) is 10.7. The zero-order valence-corrected chi connectivity index (χ0v) is 16.4. The van der Waals surface area contributed by atoms with Crippen LogP contribution < -0.4 is 5.32 Å². The lowest BCUT2D eigenvalue weighted by Gasteiger charge is -2.13.